The summed E-state index contributed by atoms with van der Waals surface area (Å²) in [6.45, 7) is 0.907. The molecule has 0 aromatic carbocycles. The van der Waals surface area contributed by atoms with Crippen molar-refractivity contribution in [3.05, 3.63) is 41.3 Å². The first-order valence-electron chi connectivity index (χ1n) is 7.05. The molecule has 0 aliphatic carbocycles. The molecule has 22 heavy (non-hydrogen) atoms. The van der Waals surface area contributed by atoms with Crippen LogP contribution in [0.4, 0.5) is 5.82 Å². The van der Waals surface area contributed by atoms with E-state index in [0.29, 0.717) is 5.82 Å². The summed E-state index contributed by atoms with van der Waals surface area (Å²) in [5.41, 5.74) is 2.09. The molecule has 0 fully saturated rings. The Kier molecular flexibility index (Phi) is 3.86. The van der Waals surface area contributed by atoms with Crippen molar-refractivity contribution >= 4 is 17.7 Å². The van der Waals surface area contributed by atoms with E-state index in [-0.39, 0.29) is 18.0 Å². The number of esters is 1. The first-order chi connectivity index (χ1) is 10.7. The summed E-state index contributed by atoms with van der Waals surface area (Å²) < 4.78 is 6.49. The predicted octanol–water partition coefficient (Wildman–Crippen LogP) is 1.19. The zero-order chi connectivity index (χ0) is 15.5. The highest BCUT2D eigenvalue weighted by Crippen LogP contribution is 2.18. The maximum absolute atomic E-state index is 12.0. The molecule has 0 saturated carbocycles. The van der Waals surface area contributed by atoms with Crippen LogP contribution in [0.25, 0.3) is 0 Å². The monoisotopic (exact) mass is 300 g/mol. The summed E-state index contributed by atoms with van der Waals surface area (Å²) in [7, 11) is 1.30. The van der Waals surface area contributed by atoms with Gasteiger partial charge < -0.3 is 10.1 Å². The number of aryl methyl sites for hydroxylation is 2. The van der Waals surface area contributed by atoms with Crippen molar-refractivity contribution in [1.82, 2.24) is 14.8 Å². The lowest BCUT2D eigenvalue weighted by atomic mass is 10.2. The van der Waals surface area contributed by atoms with Crippen LogP contribution in [0.2, 0.25) is 0 Å². The molecular weight excluding hydrogens is 284 g/mol. The van der Waals surface area contributed by atoms with Gasteiger partial charge in [0.25, 0.3) is 0 Å². The lowest BCUT2D eigenvalue weighted by molar-refractivity contribution is -0.115. The molecule has 0 bridgehead atoms. The Bertz CT molecular complexity index is 685. The Balaban J connectivity index is 1.60. The molecule has 0 atom stereocenters. The Labute approximate surface area is 127 Å². The number of amides is 1. The zero-order valence-corrected chi connectivity index (χ0v) is 12.2. The number of methoxy groups -OCH3 is 1. The van der Waals surface area contributed by atoms with Crippen molar-refractivity contribution in [1.29, 1.82) is 0 Å². The van der Waals surface area contributed by atoms with Crippen molar-refractivity contribution < 1.29 is 14.3 Å². The molecule has 2 aromatic rings. The summed E-state index contributed by atoms with van der Waals surface area (Å²) in [6.07, 6.45) is 3.78. The van der Waals surface area contributed by atoms with E-state index in [1.165, 1.54) is 13.3 Å². The van der Waals surface area contributed by atoms with Crippen LogP contribution in [-0.4, -0.2) is 33.8 Å². The summed E-state index contributed by atoms with van der Waals surface area (Å²) in [5.74, 6) is -0.0771. The van der Waals surface area contributed by atoms with Crippen LogP contribution in [0.3, 0.4) is 0 Å². The van der Waals surface area contributed by atoms with E-state index in [9.17, 15) is 9.59 Å². The van der Waals surface area contributed by atoms with E-state index < -0.39 is 5.97 Å². The van der Waals surface area contributed by atoms with Crippen molar-refractivity contribution in [2.45, 2.75) is 25.8 Å². The highest BCUT2D eigenvalue weighted by molar-refractivity contribution is 5.91. The van der Waals surface area contributed by atoms with Crippen LogP contribution in [0.1, 0.15) is 28.2 Å². The van der Waals surface area contributed by atoms with Gasteiger partial charge in [0.05, 0.1) is 13.5 Å². The smallest absolute Gasteiger partial charge is 0.356 e. The number of hydrogen-bond donors (Lipinski definition) is 1. The molecule has 0 radical (unpaired) electrons. The third kappa shape index (κ3) is 2.98. The Morgan fingerprint density at radius 1 is 1.41 bits per heavy atom. The fourth-order valence-corrected chi connectivity index (χ4v) is 2.45. The molecule has 3 rings (SSSR count). The lowest BCUT2D eigenvalue weighted by Crippen LogP contribution is -2.15. The number of hydrogen-bond acceptors (Lipinski definition) is 5. The quantitative estimate of drug-likeness (QED) is 0.857. The summed E-state index contributed by atoms with van der Waals surface area (Å²) in [4.78, 5) is 27.3. The maximum Gasteiger partial charge on any atom is 0.356 e. The third-order valence-electron chi connectivity index (χ3n) is 3.52. The first kappa shape index (κ1) is 14.2. The largest absolute Gasteiger partial charge is 0.464 e. The molecule has 7 heteroatoms. The fraction of sp³-hybridized carbons (Fsp3) is 0.333. The number of pyridine rings is 1. The molecule has 1 N–H and O–H groups in total. The maximum atomic E-state index is 12.0. The fourth-order valence-electron chi connectivity index (χ4n) is 2.45. The molecule has 2 aromatic heterocycles. The topological polar surface area (TPSA) is 86.1 Å². The van der Waals surface area contributed by atoms with Gasteiger partial charge in [-0.2, -0.15) is 5.10 Å². The van der Waals surface area contributed by atoms with Crippen LogP contribution in [0.5, 0.6) is 0 Å². The minimum absolute atomic E-state index is 0.163. The average Bonchev–Trinajstić information content (AvgIpc) is 3.08. The number of rotatable bonds is 4. The standard InChI is InChI=1S/C15H16N4O3/c1-22-15(21)12-5-4-10(9-16-12)7-14(20)17-13-8-11-3-2-6-19(11)18-13/h4-5,8-9H,2-3,6-7H2,1H3,(H,17,18,20). The van der Waals surface area contributed by atoms with Crippen LogP contribution < -0.4 is 5.32 Å². The van der Waals surface area contributed by atoms with E-state index in [1.807, 2.05) is 10.7 Å². The van der Waals surface area contributed by atoms with Gasteiger partial charge in [-0.25, -0.2) is 9.78 Å². The minimum Gasteiger partial charge on any atom is -0.464 e. The van der Waals surface area contributed by atoms with Crippen molar-refractivity contribution in [2.24, 2.45) is 0 Å². The van der Waals surface area contributed by atoms with Gasteiger partial charge in [-0.1, -0.05) is 6.07 Å². The number of carbonyl (C=O) groups excluding carboxylic acids is 2. The van der Waals surface area contributed by atoms with E-state index >= 15 is 0 Å². The van der Waals surface area contributed by atoms with Crippen molar-refractivity contribution in [3.8, 4) is 0 Å². The first-order valence-corrected chi connectivity index (χ1v) is 7.05. The average molecular weight is 300 g/mol. The molecule has 1 aliphatic heterocycles. The van der Waals surface area contributed by atoms with Crippen molar-refractivity contribution in [2.75, 3.05) is 12.4 Å². The predicted molar refractivity (Wildman–Crippen MR) is 78.5 cm³/mol. The Morgan fingerprint density at radius 3 is 2.95 bits per heavy atom. The van der Waals surface area contributed by atoms with Crippen molar-refractivity contribution in [3.63, 3.8) is 0 Å². The minimum atomic E-state index is -0.497. The summed E-state index contributed by atoms with van der Waals surface area (Å²) >= 11 is 0. The third-order valence-corrected chi connectivity index (χ3v) is 3.52. The van der Waals surface area contributed by atoms with Gasteiger partial charge in [-0.15, -0.1) is 0 Å². The number of nitrogens with zero attached hydrogens (tertiary/aromatic N) is 3. The van der Waals surface area contributed by atoms with Gasteiger partial charge in [-0.05, 0) is 24.5 Å². The Hall–Kier alpha value is -2.70. The van der Waals surface area contributed by atoms with Gasteiger partial charge in [0.1, 0.15) is 5.69 Å². The molecule has 1 aliphatic rings. The number of aromatic nitrogens is 3. The number of ether oxygens (including phenoxy) is 1. The highest BCUT2D eigenvalue weighted by Gasteiger charge is 2.15. The van der Waals surface area contributed by atoms with E-state index in [0.717, 1.165) is 30.6 Å². The molecular formula is C15H16N4O3. The van der Waals surface area contributed by atoms with Gasteiger partial charge in [-0.3, -0.25) is 9.48 Å². The lowest BCUT2D eigenvalue weighted by Gasteiger charge is -2.03. The van der Waals surface area contributed by atoms with E-state index in [4.69, 9.17) is 0 Å². The second-order valence-corrected chi connectivity index (χ2v) is 5.12. The molecule has 0 saturated heterocycles. The molecule has 7 nitrogen and oxygen atoms in total. The van der Waals surface area contributed by atoms with Crippen LogP contribution in [-0.2, 0) is 28.9 Å². The van der Waals surface area contributed by atoms with E-state index in [2.05, 4.69) is 20.1 Å². The van der Waals surface area contributed by atoms with Gasteiger partial charge in [0, 0.05) is 24.5 Å². The van der Waals surface area contributed by atoms with Crippen LogP contribution in [0.15, 0.2) is 24.4 Å². The number of anilines is 1. The molecule has 0 unspecified atom stereocenters. The summed E-state index contributed by atoms with van der Waals surface area (Å²) in [5, 5.41) is 7.11. The van der Waals surface area contributed by atoms with Gasteiger partial charge in [0.2, 0.25) is 5.91 Å². The molecule has 114 valence electrons. The number of fused-ring (bicyclic) bond motifs is 1. The molecule has 0 spiro atoms. The summed E-state index contributed by atoms with van der Waals surface area (Å²) in [6, 6.07) is 5.13. The van der Waals surface area contributed by atoms with Crippen LogP contribution in [0, 0.1) is 0 Å². The molecule has 1 amide bonds. The number of nitrogens with one attached hydrogen (secondary N) is 1. The SMILES string of the molecule is COC(=O)c1ccc(CC(=O)Nc2cc3n(n2)CCC3)cn1. The highest BCUT2D eigenvalue weighted by atomic mass is 16.5. The van der Waals surface area contributed by atoms with Crippen LogP contribution >= 0.6 is 0 Å². The zero-order valence-electron chi connectivity index (χ0n) is 12.2. The Morgan fingerprint density at radius 2 is 2.27 bits per heavy atom. The van der Waals surface area contributed by atoms with E-state index in [1.54, 1.807) is 12.1 Å². The second-order valence-electron chi connectivity index (χ2n) is 5.12. The number of carbonyl (C=O) groups is 2. The van der Waals surface area contributed by atoms with Gasteiger partial charge in [0.15, 0.2) is 5.82 Å². The normalized spacial score (nSPS) is 12.8. The second kappa shape index (κ2) is 5.97. The molecule has 3 heterocycles. The van der Waals surface area contributed by atoms with Gasteiger partial charge >= 0.3 is 5.97 Å².